The van der Waals surface area contributed by atoms with Crippen molar-refractivity contribution in [2.45, 2.75) is 25.2 Å². The van der Waals surface area contributed by atoms with E-state index in [2.05, 4.69) is 20.4 Å². The average Bonchev–Trinajstić information content (AvgIpc) is 3.19. The van der Waals surface area contributed by atoms with Gasteiger partial charge in [-0.2, -0.15) is 4.98 Å². The van der Waals surface area contributed by atoms with Crippen LogP contribution in [0.3, 0.4) is 0 Å². The maximum absolute atomic E-state index is 11.9. The lowest BCUT2D eigenvalue weighted by Gasteiger charge is -2.04. The predicted octanol–water partition coefficient (Wildman–Crippen LogP) is 1.97. The fourth-order valence-electron chi connectivity index (χ4n) is 1.81. The number of amides is 1. The first kappa shape index (κ1) is 13.1. The number of pyridine rings is 1. The summed E-state index contributed by atoms with van der Waals surface area (Å²) in [5, 5.41) is 7.02. The Balaban J connectivity index is 1.51. The lowest BCUT2D eigenvalue weighted by atomic mass is 10.2. The van der Waals surface area contributed by atoms with Gasteiger partial charge in [0.2, 0.25) is 5.89 Å². The van der Waals surface area contributed by atoms with Crippen LogP contribution in [0.15, 0.2) is 23.0 Å². The molecule has 1 saturated carbocycles. The number of aromatic nitrogens is 3. The largest absolute Gasteiger partial charge is 0.351 e. The van der Waals surface area contributed by atoms with Gasteiger partial charge in [-0.3, -0.25) is 9.78 Å². The quantitative estimate of drug-likeness (QED) is 0.911. The van der Waals surface area contributed by atoms with Gasteiger partial charge >= 0.3 is 0 Å². The van der Waals surface area contributed by atoms with E-state index in [0.717, 1.165) is 18.7 Å². The Kier molecular flexibility index (Phi) is 3.64. The van der Waals surface area contributed by atoms with Gasteiger partial charge < -0.3 is 9.84 Å². The average molecular weight is 293 g/mol. The first-order valence-corrected chi connectivity index (χ1v) is 6.82. The molecule has 2 heterocycles. The van der Waals surface area contributed by atoms with Gasteiger partial charge in [-0.15, -0.1) is 0 Å². The van der Waals surface area contributed by atoms with E-state index in [1.54, 1.807) is 6.07 Å². The second-order valence-corrected chi connectivity index (χ2v) is 5.09. The molecular weight excluding hydrogens is 280 g/mol. The molecule has 1 N–H and O–H groups in total. The van der Waals surface area contributed by atoms with Gasteiger partial charge in [0, 0.05) is 31.3 Å². The Morgan fingerprint density at radius 2 is 2.35 bits per heavy atom. The summed E-state index contributed by atoms with van der Waals surface area (Å²) in [4.78, 5) is 20.0. The first-order chi connectivity index (χ1) is 9.74. The topological polar surface area (TPSA) is 80.9 Å². The van der Waals surface area contributed by atoms with Crippen LogP contribution in [-0.2, 0) is 6.42 Å². The Hall–Kier alpha value is -1.95. The van der Waals surface area contributed by atoms with Crippen molar-refractivity contribution in [1.82, 2.24) is 20.4 Å². The lowest BCUT2D eigenvalue weighted by Crippen LogP contribution is -2.26. The van der Waals surface area contributed by atoms with Gasteiger partial charge in [0.05, 0.1) is 10.6 Å². The molecule has 0 aromatic carbocycles. The molecule has 1 amide bonds. The van der Waals surface area contributed by atoms with Gasteiger partial charge in [0.1, 0.15) is 0 Å². The lowest BCUT2D eigenvalue weighted by molar-refractivity contribution is 0.0953. The van der Waals surface area contributed by atoms with Crippen LogP contribution in [-0.4, -0.2) is 27.6 Å². The van der Waals surface area contributed by atoms with Crippen LogP contribution >= 0.6 is 11.6 Å². The Labute approximate surface area is 120 Å². The Bertz CT molecular complexity index is 624. The van der Waals surface area contributed by atoms with Crippen LogP contribution < -0.4 is 5.32 Å². The van der Waals surface area contributed by atoms with E-state index in [9.17, 15) is 4.79 Å². The van der Waals surface area contributed by atoms with Gasteiger partial charge in [0.25, 0.3) is 5.91 Å². The van der Waals surface area contributed by atoms with Crippen molar-refractivity contribution in [3.8, 4) is 0 Å². The van der Waals surface area contributed by atoms with Crippen LogP contribution in [0, 0.1) is 0 Å². The first-order valence-electron chi connectivity index (χ1n) is 6.44. The highest BCUT2D eigenvalue weighted by atomic mass is 35.5. The minimum atomic E-state index is -0.237. The number of halogens is 1. The van der Waals surface area contributed by atoms with Crippen molar-refractivity contribution >= 4 is 17.5 Å². The molecule has 0 unspecified atom stereocenters. The van der Waals surface area contributed by atoms with E-state index >= 15 is 0 Å². The van der Waals surface area contributed by atoms with E-state index in [0.29, 0.717) is 35.4 Å². The van der Waals surface area contributed by atoms with Crippen LogP contribution in [0.5, 0.6) is 0 Å². The molecular formula is C13H13ClN4O2. The fourth-order valence-corrected chi connectivity index (χ4v) is 2.02. The fraction of sp³-hybridized carbons (Fsp3) is 0.385. The van der Waals surface area contributed by atoms with E-state index < -0.39 is 0 Å². The van der Waals surface area contributed by atoms with Crippen molar-refractivity contribution in [1.29, 1.82) is 0 Å². The molecule has 0 aliphatic heterocycles. The molecule has 3 rings (SSSR count). The number of carbonyl (C=O) groups is 1. The van der Waals surface area contributed by atoms with E-state index in [4.69, 9.17) is 16.1 Å². The standard InChI is InChI=1S/C13H13ClN4O2/c14-10-7-15-5-3-9(10)13(19)16-6-4-11-17-12(18-20-11)8-1-2-8/h3,5,7-8H,1-2,4,6H2,(H,16,19). The monoisotopic (exact) mass is 292 g/mol. The van der Waals surface area contributed by atoms with Crippen molar-refractivity contribution in [2.75, 3.05) is 6.54 Å². The maximum atomic E-state index is 11.9. The molecule has 0 atom stereocenters. The molecule has 7 heteroatoms. The molecule has 1 aliphatic carbocycles. The third kappa shape index (κ3) is 2.96. The molecule has 2 aromatic rings. The van der Waals surface area contributed by atoms with Crippen LogP contribution in [0.4, 0.5) is 0 Å². The SMILES string of the molecule is O=C(NCCc1nc(C2CC2)no1)c1ccncc1Cl. The molecule has 0 radical (unpaired) electrons. The molecule has 1 fully saturated rings. The summed E-state index contributed by atoms with van der Waals surface area (Å²) >= 11 is 5.90. The number of nitrogens with zero attached hydrogens (tertiary/aromatic N) is 3. The van der Waals surface area contributed by atoms with Crippen LogP contribution in [0.2, 0.25) is 5.02 Å². The van der Waals surface area contributed by atoms with Crippen molar-refractivity contribution in [3.63, 3.8) is 0 Å². The smallest absolute Gasteiger partial charge is 0.252 e. The normalized spacial score (nSPS) is 14.2. The molecule has 1 aliphatic rings. The zero-order valence-electron chi connectivity index (χ0n) is 10.7. The van der Waals surface area contributed by atoms with Gasteiger partial charge in [0.15, 0.2) is 5.82 Å². The number of rotatable bonds is 5. The predicted molar refractivity (Wildman–Crippen MR) is 71.6 cm³/mol. The number of nitrogens with one attached hydrogen (secondary N) is 1. The van der Waals surface area contributed by atoms with Gasteiger partial charge in [-0.1, -0.05) is 16.8 Å². The second kappa shape index (κ2) is 5.58. The molecule has 104 valence electrons. The zero-order chi connectivity index (χ0) is 13.9. The minimum Gasteiger partial charge on any atom is -0.351 e. The Morgan fingerprint density at radius 1 is 1.50 bits per heavy atom. The molecule has 0 saturated heterocycles. The van der Waals surface area contributed by atoms with E-state index in [-0.39, 0.29) is 5.91 Å². The number of hydrogen-bond acceptors (Lipinski definition) is 5. The Morgan fingerprint density at radius 3 is 3.10 bits per heavy atom. The van der Waals surface area contributed by atoms with Crippen molar-refractivity contribution in [2.24, 2.45) is 0 Å². The van der Waals surface area contributed by atoms with Crippen LogP contribution in [0.1, 0.15) is 40.8 Å². The molecule has 2 aromatic heterocycles. The van der Waals surface area contributed by atoms with Gasteiger partial charge in [-0.05, 0) is 18.9 Å². The van der Waals surface area contributed by atoms with Crippen LogP contribution in [0.25, 0.3) is 0 Å². The zero-order valence-corrected chi connectivity index (χ0v) is 11.4. The molecule has 6 nitrogen and oxygen atoms in total. The summed E-state index contributed by atoms with van der Waals surface area (Å²) in [6, 6.07) is 1.58. The summed E-state index contributed by atoms with van der Waals surface area (Å²) in [5.74, 6) is 1.56. The molecule has 0 spiro atoms. The highest BCUT2D eigenvalue weighted by Crippen LogP contribution is 2.38. The summed E-state index contributed by atoms with van der Waals surface area (Å²) in [5.41, 5.74) is 0.408. The third-order valence-electron chi connectivity index (χ3n) is 3.07. The maximum Gasteiger partial charge on any atom is 0.252 e. The van der Waals surface area contributed by atoms with E-state index in [1.165, 1.54) is 12.4 Å². The summed E-state index contributed by atoms with van der Waals surface area (Å²) in [6.45, 7) is 0.420. The second-order valence-electron chi connectivity index (χ2n) is 4.68. The van der Waals surface area contributed by atoms with E-state index in [1.807, 2.05) is 0 Å². The number of hydrogen-bond donors (Lipinski definition) is 1. The van der Waals surface area contributed by atoms with Gasteiger partial charge in [-0.25, -0.2) is 0 Å². The minimum absolute atomic E-state index is 0.237. The highest BCUT2D eigenvalue weighted by molar-refractivity contribution is 6.33. The summed E-state index contributed by atoms with van der Waals surface area (Å²) < 4.78 is 5.13. The molecule has 0 bridgehead atoms. The van der Waals surface area contributed by atoms with Crippen molar-refractivity contribution < 1.29 is 9.32 Å². The number of carbonyl (C=O) groups excluding carboxylic acids is 1. The highest BCUT2D eigenvalue weighted by Gasteiger charge is 2.28. The third-order valence-corrected chi connectivity index (χ3v) is 3.37. The molecule has 20 heavy (non-hydrogen) atoms. The summed E-state index contributed by atoms with van der Waals surface area (Å²) in [6.07, 6.45) is 5.75. The van der Waals surface area contributed by atoms with Crippen molar-refractivity contribution in [3.05, 3.63) is 40.8 Å². The summed E-state index contributed by atoms with van der Waals surface area (Å²) in [7, 11) is 0.